The van der Waals surface area contributed by atoms with Crippen molar-refractivity contribution in [2.75, 3.05) is 32.0 Å². The van der Waals surface area contributed by atoms with Crippen LogP contribution in [0.3, 0.4) is 0 Å². The van der Waals surface area contributed by atoms with Gasteiger partial charge in [-0.3, -0.25) is 0 Å². The molecular weight excluding hydrogens is 204 g/mol. The maximum absolute atomic E-state index is 11.6. The Labute approximate surface area is 84.9 Å². The van der Waals surface area contributed by atoms with Gasteiger partial charge in [0.1, 0.15) is 0 Å². The molecule has 6 heteroatoms. The normalized spacial score (nSPS) is 25.1. The first kappa shape index (κ1) is 11.9. The summed E-state index contributed by atoms with van der Waals surface area (Å²) in [6, 6.07) is 0. The number of hydrogen-bond acceptors (Lipinski definition) is 4. The molecule has 0 aromatic carbocycles. The van der Waals surface area contributed by atoms with E-state index in [4.69, 9.17) is 10.8 Å². The van der Waals surface area contributed by atoms with Crippen molar-refractivity contribution in [2.24, 2.45) is 11.7 Å². The van der Waals surface area contributed by atoms with Crippen LogP contribution in [0.4, 0.5) is 0 Å². The summed E-state index contributed by atoms with van der Waals surface area (Å²) in [4.78, 5) is 0. The molecule has 1 aliphatic heterocycles. The predicted octanol–water partition coefficient (Wildman–Crippen LogP) is -1.02. The summed E-state index contributed by atoms with van der Waals surface area (Å²) in [5, 5.41) is 8.96. The van der Waals surface area contributed by atoms with Gasteiger partial charge >= 0.3 is 0 Å². The monoisotopic (exact) mass is 222 g/mol. The van der Waals surface area contributed by atoms with Crippen LogP contribution in [0.5, 0.6) is 0 Å². The van der Waals surface area contributed by atoms with Gasteiger partial charge in [0, 0.05) is 26.2 Å². The lowest BCUT2D eigenvalue weighted by atomic mass is 10.0. The molecule has 1 saturated heterocycles. The molecule has 1 atom stereocenters. The molecule has 0 bridgehead atoms. The molecule has 1 unspecified atom stereocenters. The maximum Gasteiger partial charge on any atom is 0.215 e. The van der Waals surface area contributed by atoms with Crippen LogP contribution >= 0.6 is 0 Å². The Hall–Kier alpha value is -0.170. The average Bonchev–Trinajstić information content (AvgIpc) is 2.18. The lowest BCUT2D eigenvalue weighted by molar-refractivity contribution is 0.165. The first-order chi connectivity index (χ1) is 6.60. The van der Waals surface area contributed by atoms with Gasteiger partial charge in [0.25, 0.3) is 0 Å². The molecule has 0 radical (unpaired) electrons. The summed E-state index contributed by atoms with van der Waals surface area (Å²) in [6.07, 6.45) is 1.74. The highest BCUT2D eigenvalue weighted by molar-refractivity contribution is 7.89. The van der Waals surface area contributed by atoms with Crippen LogP contribution in [0.25, 0.3) is 0 Å². The minimum absolute atomic E-state index is 0.00511. The molecule has 3 N–H and O–H groups in total. The quantitative estimate of drug-likeness (QED) is 0.637. The van der Waals surface area contributed by atoms with Crippen molar-refractivity contribution in [1.82, 2.24) is 4.31 Å². The topological polar surface area (TPSA) is 83.6 Å². The molecule has 0 aromatic heterocycles. The Balaban J connectivity index is 2.59. The van der Waals surface area contributed by atoms with E-state index >= 15 is 0 Å². The molecule has 0 aromatic rings. The van der Waals surface area contributed by atoms with Crippen molar-refractivity contribution in [3.63, 3.8) is 0 Å². The number of aliphatic hydroxyl groups is 1. The van der Waals surface area contributed by atoms with Gasteiger partial charge in [-0.1, -0.05) is 0 Å². The second-order valence-electron chi connectivity index (χ2n) is 3.65. The summed E-state index contributed by atoms with van der Waals surface area (Å²) in [7, 11) is -3.18. The average molecular weight is 222 g/mol. The third kappa shape index (κ3) is 2.91. The van der Waals surface area contributed by atoms with Crippen molar-refractivity contribution in [2.45, 2.75) is 12.8 Å². The SMILES string of the molecule is NCCS(=O)(=O)N1CCCC(CO)C1. The highest BCUT2D eigenvalue weighted by Gasteiger charge is 2.27. The van der Waals surface area contributed by atoms with Gasteiger partial charge < -0.3 is 10.8 Å². The second kappa shape index (κ2) is 5.06. The maximum atomic E-state index is 11.6. The molecular formula is C8H18N2O3S. The fourth-order valence-corrected chi connectivity index (χ4v) is 3.11. The zero-order valence-electron chi connectivity index (χ0n) is 8.22. The predicted molar refractivity (Wildman–Crippen MR) is 54.2 cm³/mol. The number of nitrogens with two attached hydrogens (primary N) is 1. The first-order valence-corrected chi connectivity index (χ1v) is 6.50. The van der Waals surface area contributed by atoms with Gasteiger partial charge in [-0.25, -0.2) is 12.7 Å². The second-order valence-corrected chi connectivity index (χ2v) is 5.74. The van der Waals surface area contributed by atoms with Gasteiger partial charge in [0.2, 0.25) is 10.0 Å². The fourth-order valence-electron chi connectivity index (χ4n) is 1.71. The number of nitrogens with zero attached hydrogens (tertiary/aromatic N) is 1. The Kier molecular flexibility index (Phi) is 4.31. The molecule has 0 saturated carbocycles. The highest BCUT2D eigenvalue weighted by atomic mass is 32.2. The van der Waals surface area contributed by atoms with Crippen LogP contribution in [0.15, 0.2) is 0 Å². The zero-order valence-corrected chi connectivity index (χ0v) is 9.04. The van der Waals surface area contributed by atoms with E-state index in [0.29, 0.717) is 13.1 Å². The largest absolute Gasteiger partial charge is 0.396 e. The number of piperidine rings is 1. The van der Waals surface area contributed by atoms with Gasteiger partial charge in [-0.2, -0.15) is 0 Å². The van der Waals surface area contributed by atoms with Crippen molar-refractivity contribution in [3.05, 3.63) is 0 Å². The van der Waals surface area contributed by atoms with Crippen molar-refractivity contribution in [3.8, 4) is 0 Å². The molecule has 0 amide bonds. The van der Waals surface area contributed by atoms with E-state index in [1.54, 1.807) is 0 Å². The number of rotatable bonds is 4. The van der Waals surface area contributed by atoms with Crippen LogP contribution < -0.4 is 5.73 Å². The molecule has 1 aliphatic rings. The Morgan fingerprint density at radius 1 is 1.50 bits per heavy atom. The number of sulfonamides is 1. The van der Waals surface area contributed by atoms with Crippen molar-refractivity contribution in [1.29, 1.82) is 0 Å². The molecule has 14 heavy (non-hydrogen) atoms. The van der Waals surface area contributed by atoms with Gasteiger partial charge in [-0.15, -0.1) is 0 Å². The van der Waals surface area contributed by atoms with Crippen LogP contribution in [0.1, 0.15) is 12.8 Å². The smallest absolute Gasteiger partial charge is 0.215 e. The molecule has 5 nitrogen and oxygen atoms in total. The Morgan fingerprint density at radius 2 is 2.21 bits per heavy atom. The van der Waals surface area contributed by atoms with E-state index in [1.807, 2.05) is 0 Å². The standard InChI is InChI=1S/C8H18N2O3S/c9-3-5-14(12,13)10-4-1-2-8(6-10)7-11/h8,11H,1-7,9H2. The van der Waals surface area contributed by atoms with E-state index < -0.39 is 10.0 Å². The lowest BCUT2D eigenvalue weighted by Gasteiger charge is -2.30. The molecule has 0 aliphatic carbocycles. The number of hydrogen-bond donors (Lipinski definition) is 2. The zero-order chi connectivity index (χ0) is 10.6. The fraction of sp³-hybridized carbons (Fsp3) is 1.00. The van der Waals surface area contributed by atoms with Gasteiger partial charge in [-0.05, 0) is 18.8 Å². The Morgan fingerprint density at radius 3 is 2.79 bits per heavy atom. The molecule has 1 rings (SSSR count). The summed E-state index contributed by atoms with van der Waals surface area (Å²) in [5.74, 6) is 0.0989. The molecule has 84 valence electrons. The summed E-state index contributed by atoms with van der Waals surface area (Å²) in [5.41, 5.74) is 5.23. The minimum Gasteiger partial charge on any atom is -0.396 e. The van der Waals surface area contributed by atoms with E-state index in [1.165, 1.54) is 4.31 Å². The Bertz CT molecular complexity index is 266. The number of aliphatic hydroxyl groups excluding tert-OH is 1. The van der Waals surface area contributed by atoms with Crippen molar-refractivity contribution < 1.29 is 13.5 Å². The first-order valence-electron chi connectivity index (χ1n) is 4.89. The van der Waals surface area contributed by atoms with Crippen molar-refractivity contribution >= 4 is 10.0 Å². The molecule has 1 heterocycles. The molecule has 0 spiro atoms. The lowest BCUT2D eigenvalue weighted by Crippen LogP contribution is -2.43. The van der Waals surface area contributed by atoms with Crippen LogP contribution in [0.2, 0.25) is 0 Å². The van der Waals surface area contributed by atoms with E-state index in [-0.39, 0.29) is 24.8 Å². The van der Waals surface area contributed by atoms with E-state index in [0.717, 1.165) is 12.8 Å². The minimum atomic E-state index is -3.18. The van der Waals surface area contributed by atoms with Crippen LogP contribution in [-0.2, 0) is 10.0 Å². The van der Waals surface area contributed by atoms with E-state index in [2.05, 4.69) is 0 Å². The summed E-state index contributed by atoms with van der Waals surface area (Å²) < 4.78 is 24.7. The van der Waals surface area contributed by atoms with Gasteiger partial charge in [0.15, 0.2) is 0 Å². The van der Waals surface area contributed by atoms with Crippen LogP contribution in [-0.4, -0.2) is 49.8 Å². The van der Waals surface area contributed by atoms with E-state index in [9.17, 15) is 8.42 Å². The highest BCUT2D eigenvalue weighted by Crippen LogP contribution is 2.18. The summed E-state index contributed by atoms with van der Waals surface area (Å²) in [6.45, 7) is 1.23. The van der Waals surface area contributed by atoms with Crippen LogP contribution in [0, 0.1) is 5.92 Å². The molecule has 1 fully saturated rings. The van der Waals surface area contributed by atoms with Gasteiger partial charge in [0.05, 0.1) is 5.75 Å². The third-order valence-corrected chi connectivity index (χ3v) is 4.38. The third-order valence-electron chi connectivity index (χ3n) is 2.51. The summed E-state index contributed by atoms with van der Waals surface area (Å²) >= 11 is 0.